The zero-order chi connectivity index (χ0) is 27.3. The van der Waals surface area contributed by atoms with Gasteiger partial charge in [-0.1, -0.05) is 0 Å². The SMILES string of the molecule is Cc1nsc(Nc2ccc(C#N)cn2)c1C(=O)Nc1ccc(OC2CCCN(C(=O)OC(C)(C)C)C2)nc1. The molecule has 12 heteroatoms. The summed E-state index contributed by atoms with van der Waals surface area (Å²) in [5.74, 6) is 0.558. The quantitative estimate of drug-likeness (QED) is 0.451. The number of carbonyl (C=O) groups is 2. The third-order valence-corrected chi connectivity index (χ3v) is 6.39. The van der Waals surface area contributed by atoms with Crippen LogP contribution in [-0.2, 0) is 4.74 Å². The van der Waals surface area contributed by atoms with Gasteiger partial charge in [0.25, 0.3) is 5.91 Å². The van der Waals surface area contributed by atoms with Crippen LogP contribution >= 0.6 is 11.5 Å². The van der Waals surface area contributed by atoms with Gasteiger partial charge in [-0.2, -0.15) is 9.64 Å². The first kappa shape index (κ1) is 26.8. The van der Waals surface area contributed by atoms with Crippen LogP contribution in [0.4, 0.5) is 21.3 Å². The Bertz CT molecular complexity index is 1330. The van der Waals surface area contributed by atoms with Crippen LogP contribution in [0.5, 0.6) is 5.88 Å². The minimum atomic E-state index is -0.554. The maximum Gasteiger partial charge on any atom is 0.410 e. The monoisotopic (exact) mass is 535 g/mol. The number of nitrogens with one attached hydrogen (secondary N) is 2. The third kappa shape index (κ3) is 6.95. The van der Waals surface area contributed by atoms with Crippen molar-refractivity contribution in [3.8, 4) is 11.9 Å². The molecule has 0 aliphatic carbocycles. The van der Waals surface area contributed by atoms with E-state index in [2.05, 4.69) is 25.0 Å². The first-order valence-corrected chi connectivity index (χ1v) is 12.9. The minimum absolute atomic E-state index is 0.201. The molecule has 0 spiro atoms. The highest BCUT2D eigenvalue weighted by molar-refractivity contribution is 7.10. The Labute approximate surface area is 225 Å². The van der Waals surface area contributed by atoms with Gasteiger partial charge in [-0.3, -0.25) is 4.79 Å². The molecule has 1 atom stereocenters. The Morgan fingerprint density at radius 3 is 2.66 bits per heavy atom. The lowest BCUT2D eigenvalue weighted by atomic mass is 10.1. The molecule has 2 N–H and O–H groups in total. The summed E-state index contributed by atoms with van der Waals surface area (Å²) in [6, 6.07) is 8.71. The molecule has 0 bridgehead atoms. The average Bonchev–Trinajstić information content (AvgIpc) is 3.24. The summed E-state index contributed by atoms with van der Waals surface area (Å²) in [6.45, 7) is 8.32. The molecule has 0 saturated carbocycles. The Morgan fingerprint density at radius 2 is 2.00 bits per heavy atom. The van der Waals surface area contributed by atoms with Gasteiger partial charge in [-0.05, 0) is 70.3 Å². The summed E-state index contributed by atoms with van der Waals surface area (Å²) in [5.41, 5.74) is 1.35. The molecule has 1 aliphatic heterocycles. The number of carbonyl (C=O) groups excluding carboxylic acids is 2. The molecule has 38 heavy (non-hydrogen) atoms. The van der Waals surface area contributed by atoms with E-state index >= 15 is 0 Å². The van der Waals surface area contributed by atoms with Gasteiger partial charge in [0.1, 0.15) is 28.6 Å². The van der Waals surface area contributed by atoms with Crippen LogP contribution in [-0.4, -0.2) is 56.0 Å². The van der Waals surface area contributed by atoms with Crippen molar-refractivity contribution in [1.82, 2.24) is 19.2 Å². The van der Waals surface area contributed by atoms with E-state index in [9.17, 15) is 9.59 Å². The number of piperidine rings is 1. The van der Waals surface area contributed by atoms with E-state index in [1.165, 1.54) is 12.4 Å². The number of hydrogen-bond donors (Lipinski definition) is 2. The second-order valence-electron chi connectivity index (χ2n) is 9.79. The van der Waals surface area contributed by atoms with Crippen molar-refractivity contribution in [2.24, 2.45) is 0 Å². The molecule has 3 aromatic rings. The predicted octanol–water partition coefficient (Wildman–Crippen LogP) is 4.89. The number of aromatic nitrogens is 3. The van der Waals surface area contributed by atoms with Gasteiger partial charge >= 0.3 is 6.09 Å². The molecule has 3 aromatic heterocycles. The highest BCUT2D eigenvalue weighted by atomic mass is 32.1. The summed E-state index contributed by atoms with van der Waals surface area (Å²) in [6.07, 6.45) is 4.03. The highest BCUT2D eigenvalue weighted by Crippen LogP contribution is 2.28. The molecule has 0 radical (unpaired) electrons. The van der Waals surface area contributed by atoms with Gasteiger partial charge < -0.3 is 25.0 Å². The number of nitriles is 1. The van der Waals surface area contributed by atoms with E-state index in [1.54, 1.807) is 36.1 Å². The third-order valence-electron chi connectivity index (χ3n) is 5.54. The summed E-state index contributed by atoms with van der Waals surface area (Å²) in [4.78, 5) is 35.6. The van der Waals surface area contributed by atoms with Crippen molar-refractivity contribution >= 4 is 40.0 Å². The van der Waals surface area contributed by atoms with Crippen LogP contribution in [0.15, 0.2) is 36.7 Å². The van der Waals surface area contributed by atoms with E-state index in [4.69, 9.17) is 14.7 Å². The molecule has 198 valence electrons. The van der Waals surface area contributed by atoms with Crippen LogP contribution < -0.4 is 15.4 Å². The molecule has 4 heterocycles. The van der Waals surface area contributed by atoms with E-state index in [0.29, 0.717) is 52.3 Å². The normalized spacial score (nSPS) is 15.3. The predicted molar refractivity (Wildman–Crippen MR) is 143 cm³/mol. The van der Waals surface area contributed by atoms with Crippen LogP contribution in [0.3, 0.4) is 0 Å². The molecule has 0 aromatic carbocycles. The molecule has 1 fully saturated rings. The van der Waals surface area contributed by atoms with Crippen molar-refractivity contribution in [2.75, 3.05) is 23.7 Å². The van der Waals surface area contributed by atoms with Crippen molar-refractivity contribution < 1.29 is 19.1 Å². The van der Waals surface area contributed by atoms with Crippen molar-refractivity contribution in [1.29, 1.82) is 5.26 Å². The number of anilines is 3. The molecule has 11 nitrogen and oxygen atoms in total. The van der Waals surface area contributed by atoms with E-state index in [1.807, 2.05) is 26.8 Å². The number of likely N-dealkylation sites (tertiary alicyclic amines) is 1. The maximum absolute atomic E-state index is 13.1. The average molecular weight is 536 g/mol. The molecular weight excluding hydrogens is 506 g/mol. The van der Waals surface area contributed by atoms with Crippen LogP contribution in [0, 0.1) is 18.3 Å². The van der Waals surface area contributed by atoms with Gasteiger partial charge in [0, 0.05) is 18.8 Å². The Hall–Kier alpha value is -4.24. The second-order valence-corrected chi connectivity index (χ2v) is 10.6. The Kier molecular flexibility index (Phi) is 8.07. The number of ether oxygens (including phenoxy) is 2. The zero-order valence-corrected chi connectivity index (χ0v) is 22.5. The van der Waals surface area contributed by atoms with Crippen molar-refractivity contribution in [3.05, 3.63) is 53.5 Å². The van der Waals surface area contributed by atoms with Gasteiger partial charge in [-0.15, -0.1) is 0 Å². The summed E-state index contributed by atoms with van der Waals surface area (Å²) < 4.78 is 15.8. The van der Waals surface area contributed by atoms with E-state index in [-0.39, 0.29) is 18.1 Å². The summed E-state index contributed by atoms with van der Waals surface area (Å²) >= 11 is 1.15. The number of nitrogens with zero attached hydrogens (tertiary/aromatic N) is 5. The number of hydrogen-bond acceptors (Lipinski definition) is 10. The highest BCUT2D eigenvalue weighted by Gasteiger charge is 2.29. The van der Waals surface area contributed by atoms with Crippen molar-refractivity contribution in [2.45, 2.75) is 52.2 Å². The van der Waals surface area contributed by atoms with E-state index < -0.39 is 5.60 Å². The second kappa shape index (κ2) is 11.4. The van der Waals surface area contributed by atoms with Gasteiger partial charge in [0.15, 0.2) is 0 Å². The smallest absolute Gasteiger partial charge is 0.410 e. The standard InChI is InChI=1S/C26H29N7O4S/c1-16-22(24(38-32-16)31-20-9-7-17(12-27)13-28-20)23(34)30-18-8-10-21(29-14-18)36-19-6-5-11-33(15-19)25(35)37-26(2,3)4/h7-10,13-14,19H,5-6,11,15H2,1-4H3,(H,28,31)(H,30,34). The van der Waals surface area contributed by atoms with Crippen molar-refractivity contribution in [3.63, 3.8) is 0 Å². The first-order chi connectivity index (χ1) is 18.1. The topological polar surface area (TPSA) is 142 Å². The van der Waals surface area contributed by atoms with Crippen LogP contribution in [0.25, 0.3) is 0 Å². The Balaban J connectivity index is 1.36. The first-order valence-electron chi connectivity index (χ1n) is 12.1. The summed E-state index contributed by atoms with van der Waals surface area (Å²) in [5, 5.41) is 15.4. The van der Waals surface area contributed by atoms with Gasteiger partial charge in [0.05, 0.1) is 35.2 Å². The minimum Gasteiger partial charge on any atom is -0.472 e. The number of aryl methyl sites for hydroxylation is 1. The van der Waals surface area contributed by atoms with Crippen LogP contribution in [0.1, 0.15) is 55.2 Å². The van der Waals surface area contributed by atoms with Gasteiger partial charge in [0.2, 0.25) is 5.88 Å². The summed E-state index contributed by atoms with van der Waals surface area (Å²) in [7, 11) is 0. The number of rotatable bonds is 6. The molecule has 4 rings (SSSR count). The lowest BCUT2D eigenvalue weighted by molar-refractivity contribution is 0.00722. The largest absolute Gasteiger partial charge is 0.472 e. The lowest BCUT2D eigenvalue weighted by Gasteiger charge is -2.33. The fraction of sp³-hybridized carbons (Fsp3) is 0.385. The Morgan fingerprint density at radius 1 is 1.18 bits per heavy atom. The molecular formula is C26H29N7O4S. The van der Waals surface area contributed by atoms with Gasteiger partial charge in [-0.25, -0.2) is 14.8 Å². The fourth-order valence-electron chi connectivity index (χ4n) is 3.79. The molecule has 1 saturated heterocycles. The lowest BCUT2D eigenvalue weighted by Crippen LogP contribution is -2.46. The van der Waals surface area contributed by atoms with Crippen LogP contribution in [0.2, 0.25) is 0 Å². The molecule has 1 unspecified atom stereocenters. The number of pyridine rings is 2. The molecule has 2 amide bonds. The van der Waals surface area contributed by atoms with E-state index in [0.717, 1.165) is 24.4 Å². The fourth-order valence-corrected chi connectivity index (χ4v) is 4.59. The zero-order valence-electron chi connectivity index (χ0n) is 21.6. The maximum atomic E-state index is 13.1. The molecule has 1 aliphatic rings. The number of amides is 2.